The van der Waals surface area contributed by atoms with Gasteiger partial charge in [0.25, 0.3) is 5.91 Å². The van der Waals surface area contributed by atoms with Crippen molar-refractivity contribution < 1.29 is 14.7 Å². The predicted molar refractivity (Wildman–Crippen MR) is 143 cm³/mol. The first kappa shape index (κ1) is 25.4. The maximum atomic E-state index is 12.7. The molecular formula is C30H35N3O3. The molecule has 6 heteroatoms. The van der Waals surface area contributed by atoms with Crippen molar-refractivity contribution in [3.63, 3.8) is 0 Å². The summed E-state index contributed by atoms with van der Waals surface area (Å²) < 4.78 is 0. The second-order valence-electron chi connectivity index (χ2n) is 10.2. The van der Waals surface area contributed by atoms with Crippen molar-refractivity contribution in [2.75, 3.05) is 18.0 Å². The van der Waals surface area contributed by atoms with Gasteiger partial charge in [0.15, 0.2) is 0 Å². The number of anilines is 1. The Morgan fingerprint density at radius 1 is 0.972 bits per heavy atom. The molecule has 1 aliphatic rings. The van der Waals surface area contributed by atoms with Crippen LogP contribution in [0.3, 0.4) is 0 Å². The van der Waals surface area contributed by atoms with E-state index in [9.17, 15) is 14.7 Å². The minimum Gasteiger partial charge on any atom is -0.481 e. The first-order valence-corrected chi connectivity index (χ1v) is 12.6. The molecule has 188 valence electrons. The van der Waals surface area contributed by atoms with E-state index >= 15 is 0 Å². The van der Waals surface area contributed by atoms with Crippen LogP contribution in [-0.2, 0) is 17.8 Å². The molecule has 36 heavy (non-hydrogen) atoms. The number of nitrogens with zero attached hydrogens (tertiary/aromatic N) is 2. The molecule has 1 fully saturated rings. The predicted octanol–water partition coefficient (Wildman–Crippen LogP) is 5.40. The van der Waals surface area contributed by atoms with E-state index in [1.54, 1.807) is 0 Å². The Morgan fingerprint density at radius 2 is 1.61 bits per heavy atom. The van der Waals surface area contributed by atoms with Crippen LogP contribution in [0.5, 0.6) is 0 Å². The Kier molecular flexibility index (Phi) is 7.73. The highest BCUT2D eigenvalue weighted by Crippen LogP contribution is 2.40. The van der Waals surface area contributed by atoms with Gasteiger partial charge in [-0.3, -0.25) is 14.6 Å². The molecule has 4 rings (SSSR count). The molecule has 2 unspecified atom stereocenters. The van der Waals surface area contributed by atoms with E-state index in [1.165, 1.54) is 0 Å². The standard InChI is InChI=1S/C30H35N3O3/c1-19-14-20(2)18-33(17-19)29-26(15-27(34)35)21(3)32-22(4)28(29)24-10-12-25(13-11-24)30(36)31-16-23-8-6-5-7-9-23/h5-13,19-20H,14-18H2,1-4H3,(H,31,36)(H,34,35). The lowest BCUT2D eigenvalue weighted by Gasteiger charge is -2.39. The number of aliphatic carboxylic acids is 1. The molecule has 6 nitrogen and oxygen atoms in total. The van der Waals surface area contributed by atoms with Crippen LogP contribution in [0.2, 0.25) is 0 Å². The largest absolute Gasteiger partial charge is 0.481 e. The second-order valence-corrected chi connectivity index (χ2v) is 10.2. The Bertz CT molecular complexity index is 1230. The third kappa shape index (κ3) is 5.76. The number of piperidine rings is 1. The van der Waals surface area contributed by atoms with Crippen LogP contribution in [0.1, 0.15) is 53.1 Å². The van der Waals surface area contributed by atoms with Gasteiger partial charge in [0.2, 0.25) is 0 Å². The number of pyridine rings is 1. The zero-order chi connectivity index (χ0) is 25.8. The molecule has 1 aromatic heterocycles. The summed E-state index contributed by atoms with van der Waals surface area (Å²) in [4.78, 5) is 31.7. The molecule has 2 N–H and O–H groups in total. The van der Waals surface area contributed by atoms with Gasteiger partial charge in [-0.2, -0.15) is 0 Å². The number of carbonyl (C=O) groups is 2. The molecule has 1 aliphatic heterocycles. The molecule has 0 aliphatic carbocycles. The molecule has 2 heterocycles. The van der Waals surface area contributed by atoms with Gasteiger partial charge in [0, 0.05) is 47.7 Å². The highest BCUT2D eigenvalue weighted by Gasteiger charge is 2.29. The molecule has 2 atom stereocenters. The lowest BCUT2D eigenvalue weighted by molar-refractivity contribution is -0.136. The molecule has 0 spiro atoms. The van der Waals surface area contributed by atoms with Crippen LogP contribution in [0.25, 0.3) is 11.1 Å². The van der Waals surface area contributed by atoms with Crippen molar-refractivity contribution >= 4 is 17.6 Å². The van der Waals surface area contributed by atoms with Crippen molar-refractivity contribution in [1.29, 1.82) is 0 Å². The van der Waals surface area contributed by atoms with Gasteiger partial charge in [0.1, 0.15) is 0 Å². The summed E-state index contributed by atoms with van der Waals surface area (Å²) in [5.74, 6) is 0.0432. The minimum absolute atomic E-state index is 0.0688. The van der Waals surface area contributed by atoms with Crippen LogP contribution in [-0.4, -0.2) is 35.1 Å². The summed E-state index contributed by atoms with van der Waals surface area (Å²) in [6, 6.07) is 17.4. The number of rotatable bonds is 7. The lowest BCUT2D eigenvalue weighted by atomic mass is 9.88. The van der Waals surface area contributed by atoms with Gasteiger partial charge < -0.3 is 15.3 Å². The topological polar surface area (TPSA) is 82.5 Å². The molecule has 1 saturated heterocycles. The van der Waals surface area contributed by atoms with E-state index in [0.717, 1.165) is 58.8 Å². The third-order valence-electron chi connectivity index (χ3n) is 6.90. The van der Waals surface area contributed by atoms with Gasteiger partial charge in [0.05, 0.1) is 12.1 Å². The monoisotopic (exact) mass is 485 g/mol. The fraction of sp³-hybridized carbons (Fsp3) is 0.367. The molecular weight excluding hydrogens is 450 g/mol. The number of carbonyl (C=O) groups excluding carboxylic acids is 1. The summed E-state index contributed by atoms with van der Waals surface area (Å²) in [6.45, 7) is 10.6. The van der Waals surface area contributed by atoms with Crippen LogP contribution in [0.15, 0.2) is 54.6 Å². The normalized spacial score (nSPS) is 17.6. The summed E-state index contributed by atoms with van der Waals surface area (Å²) >= 11 is 0. The van der Waals surface area contributed by atoms with Crippen LogP contribution >= 0.6 is 0 Å². The number of benzene rings is 2. The maximum Gasteiger partial charge on any atom is 0.307 e. The Hall–Kier alpha value is -3.67. The number of carboxylic acid groups (broad SMARTS) is 1. The summed E-state index contributed by atoms with van der Waals surface area (Å²) in [6.07, 6.45) is 1.09. The SMILES string of the molecule is Cc1nc(C)c(-c2ccc(C(=O)NCc3ccccc3)cc2)c(N2CC(C)CC(C)C2)c1CC(=O)O. The number of aromatic nitrogens is 1. The summed E-state index contributed by atoms with van der Waals surface area (Å²) in [5, 5.41) is 12.7. The zero-order valence-electron chi connectivity index (χ0n) is 21.5. The lowest BCUT2D eigenvalue weighted by Crippen LogP contribution is -2.40. The Morgan fingerprint density at radius 3 is 2.22 bits per heavy atom. The third-order valence-corrected chi connectivity index (χ3v) is 6.90. The van der Waals surface area contributed by atoms with Crippen LogP contribution in [0, 0.1) is 25.7 Å². The van der Waals surface area contributed by atoms with Crippen molar-refractivity contribution in [1.82, 2.24) is 10.3 Å². The quantitative estimate of drug-likeness (QED) is 0.468. The second kappa shape index (κ2) is 10.9. The first-order valence-electron chi connectivity index (χ1n) is 12.6. The average molecular weight is 486 g/mol. The Balaban J connectivity index is 1.69. The van der Waals surface area contributed by atoms with Gasteiger partial charge in [-0.15, -0.1) is 0 Å². The van der Waals surface area contributed by atoms with Crippen molar-refractivity contribution in [2.45, 2.75) is 47.1 Å². The van der Waals surface area contributed by atoms with Gasteiger partial charge in [-0.25, -0.2) is 0 Å². The van der Waals surface area contributed by atoms with E-state index in [2.05, 4.69) is 24.1 Å². The van der Waals surface area contributed by atoms with Crippen molar-refractivity contribution in [3.05, 3.63) is 82.7 Å². The van der Waals surface area contributed by atoms with E-state index in [4.69, 9.17) is 4.98 Å². The fourth-order valence-electron chi connectivity index (χ4n) is 5.44. The highest BCUT2D eigenvalue weighted by molar-refractivity contribution is 5.95. The molecule has 0 saturated carbocycles. The van der Waals surface area contributed by atoms with E-state index in [0.29, 0.717) is 23.9 Å². The zero-order valence-corrected chi connectivity index (χ0v) is 21.5. The number of aryl methyl sites for hydroxylation is 2. The highest BCUT2D eigenvalue weighted by atomic mass is 16.4. The maximum absolute atomic E-state index is 12.7. The number of amides is 1. The molecule has 2 aromatic carbocycles. The van der Waals surface area contributed by atoms with Crippen molar-refractivity contribution in [3.8, 4) is 11.1 Å². The summed E-state index contributed by atoms with van der Waals surface area (Å²) in [7, 11) is 0. The summed E-state index contributed by atoms with van der Waals surface area (Å²) in [5.41, 5.74) is 6.89. The Labute approximate surface area is 213 Å². The molecule has 0 bridgehead atoms. The number of hydrogen-bond acceptors (Lipinski definition) is 4. The van der Waals surface area contributed by atoms with E-state index < -0.39 is 5.97 Å². The minimum atomic E-state index is -0.862. The van der Waals surface area contributed by atoms with E-state index in [-0.39, 0.29) is 12.3 Å². The molecule has 1 amide bonds. The average Bonchev–Trinajstić information content (AvgIpc) is 2.84. The van der Waals surface area contributed by atoms with Crippen LogP contribution in [0.4, 0.5) is 5.69 Å². The molecule has 0 radical (unpaired) electrons. The smallest absolute Gasteiger partial charge is 0.307 e. The fourth-order valence-corrected chi connectivity index (χ4v) is 5.44. The van der Waals surface area contributed by atoms with Crippen LogP contribution < -0.4 is 10.2 Å². The van der Waals surface area contributed by atoms with Crippen molar-refractivity contribution in [2.24, 2.45) is 11.8 Å². The number of carboxylic acids is 1. The van der Waals surface area contributed by atoms with Gasteiger partial charge in [-0.05, 0) is 55.4 Å². The van der Waals surface area contributed by atoms with Gasteiger partial charge >= 0.3 is 5.97 Å². The molecule has 3 aromatic rings. The number of hydrogen-bond donors (Lipinski definition) is 2. The number of nitrogens with one attached hydrogen (secondary N) is 1. The van der Waals surface area contributed by atoms with E-state index in [1.807, 2.05) is 68.4 Å². The van der Waals surface area contributed by atoms with Gasteiger partial charge in [-0.1, -0.05) is 56.3 Å². The first-order chi connectivity index (χ1) is 17.2.